The molecule has 0 heterocycles. The summed E-state index contributed by atoms with van der Waals surface area (Å²) in [6.45, 7) is 0. The van der Waals surface area contributed by atoms with Crippen molar-refractivity contribution in [2.24, 2.45) is 0 Å². The lowest BCUT2D eigenvalue weighted by Crippen LogP contribution is -2.13. The first-order valence-corrected chi connectivity index (χ1v) is 34.8. The molecule has 0 aliphatic heterocycles. The van der Waals surface area contributed by atoms with Crippen LogP contribution in [0.4, 0.5) is 102 Å². The predicted molar refractivity (Wildman–Crippen MR) is 433 cm³/mol. The monoisotopic (exact) mass is 1410 g/mol. The highest BCUT2D eigenvalue weighted by atomic mass is 16.5. The van der Waals surface area contributed by atoms with Crippen LogP contribution in [-0.4, -0.2) is 56.9 Å². The SMILES string of the molecule is COc1ccc(N(c2ccc(OC)cc2)c2ccc(N(c3ccc(Oc4ccc(N(c5ccc(N(c6ccc(OC)cc6)c6ccc(OC)cc6)cc5)c5ccc(N(c6ccc(OC)cc6)c6ccc(OC)cc6)cc5)cc4)cc3)c3ccc(N(c4ccc(OC)cc4)c4ccc(OC)cc4)cc3)cc2)cc1. The second-order valence-corrected chi connectivity index (χ2v) is 24.8. The molecular formula is C92H80N6O9. The van der Waals surface area contributed by atoms with E-state index in [4.69, 9.17) is 42.6 Å². The van der Waals surface area contributed by atoms with Crippen LogP contribution in [0.2, 0.25) is 0 Å². The third-order valence-corrected chi connectivity index (χ3v) is 18.5. The standard InChI is InChI=1S/C92H80N6O9/c1-99-83-45-25-73(26-46-83)95(74-27-47-84(100-2)48-28-74)69-17-9-65(10-18-69)93(66-11-19-70(20-12-66)96(75-29-49-85(101-3)50-30-75)76-31-51-86(102-4)52-32-76)81-41-61-91(62-42-81)107-92-63-43-82(44-64-92)94(67-13-21-71(22-14-67)97(77-33-53-87(103-5)54-34-77)78-35-55-88(104-6)56-36-78)68-15-23-72(24-16-68)98(79-37-57-89(105-7)58-38-79)80-39-59-90(106-8)60-40-80/h9-64H,1-8H3. The first-order valence-electron chi connectivity index (χ1n) is 34.8. The average Bonchev–Trinajstić information content (AvgIpc) is 0.792. The van der Waals surface area contributed by atoms with Gasteiger partial charge in [0.1, 0.15) is 57.5 Å². The molecule has 0 amide bonds. The van der Waals surface area contributed by atoms with E-state index in [1.165, 1.54) is 0 Å². The second kappa shape index (κ2) is 32.6. The molecule has 0 saturated carbocycles. The summed E-state index contributed by atoms with van der Waals surface area (Å²) >= 11 is 0. The molecule has 532 valence electrons. The number of nitrogens with zero attached hydrogens (tertiary/aromatic N) is 6. The summed E-state index contributed by atoms with van der Waals surface area (Å²) in [5.41, 5.74) is 17.1. The summed E-state index contributed by atoms with van der Waals surface area (Å²) in [6.07, 6.45) is 0. The highest BCUT2D eigenvalue weighted by Crippen LogP contribution is 2.46. The van der Waals surface area contributed by atoms with Gasteiger partial charge < -0.3 is 72.0 Å². The minimum Gasteiger partial charge on any atom is -0.497 e. The van der Waals surface area contributed by atoms with E-state index in [2.05, 4.69) is 248 Å². The smallest absolute Gasteiger partial charge is 0.127 e. The van der Waals surface area contributed by atoms with E-state index in [-0.39, 0.29) is 0 Å². The van der Waals surface area contributed by atoms with Crippen molar-refractivity contribution < 1.29 is 42.6 Å². The maximum atomic E-state index is 6.77. The van der Waals surface area contributed by atoms with Crippen molar-refractivity contribution in [3.8, 4) is 57.5 Å². The molecular weight excluding hydrogens is 1330 g/mol. The van der Waals surface area contributed by atoms with E-state index >= 15 is 0 Å². The van der Waals surface area contributed by atoms with Gasteiger partial charge in [0.05, 0.1) is 56.9 Å². The van der Waals surface area contributed by atoms with Crippen molar-refractivity contribution in [3.63, 3.8) is 0 Å². The van der Waals surface area contributed by atoms with Gasteiger partial charge >= 0.3 is 0 Å². The molecule has 14 aromatic carbocycles. The Morgan fingerprint density at radius 1 is 0.112 bits per heavy atom. The average molecular weight is 1410 g/mol. The molecule has 0 saturated heterocycles. The molecule has 0 atom stereocenters. The summed E-state index contributed by atoms with van der Waals surface area (Å²) in [5, 5.41) is 0. The van der Waals surface area contributed by atoms with Gasteiger partial charge in [-0.1, -0.05) is 0 Å². The summed E-state index contributed by atoms with van der Waals surface area (Å²) in [5.74, 6) is 7.49. The Hall–Kier alpha value is -13.9. The molecule has 0 fully saturated rings. The van der Waals surface area contributed by atoms with E-state index in [0.29, 0.717) is 11.5 Å². The Morgan fingerprint density at radius 2 is 0.187 bits per heavy atom. The normalized spacial score (nSPS) is 10.8. The topological polar surface area (TPSA) is 103 Å². The third kappa shape index (κ3) is 15.7. The molecule has 14 rings (SSSR count). The Kier molecular flexibility index (Phi) is 21.4. The second-order valence-electron chi connectivity index (χ2n) is 24.8. The van der Waals surface area contributed by atoms with Gasteiger partial charge in [-0.05, 0) is 340 Å². The Morgan fingerprint density at radius 3 is 0.271 bits per heavy atom. The van der Waals surface area contributed by atoms with Gasteiger partial charge in [0.2, 0.25) is 0 Å². The number of ether oxygens (including phenoxy) is 9. The maximum Gasteiger partial charge on any atom is 0.127 e. The van der Waals surface area contributed by atoms with Crippen LogP contribution in [0.25, 0.3) is 0 Å². The van der Waals surface area contributed by atoms with Gasteiger partial charge in [0.15, 0.2) is 0 Å². The number of hydrogen-bond acceptors (Lipinski definition) is 15. The van der Waals surface area contributed by atoms with Gasteiger partial charge in [0, 0.05) is 102 Å². The highest BCUT2D eigenvalue weighted by molar-refractivity contribution is 5.87. The van der Waals surface area contributed by atoms with Crippen molar-refractivity contribution in [1.82, 2.24) is 0 Å². The Bertz CT molecular complexity index is 4360. The zero-order valence-corrected chi connectivity index (χ0v) is 60.7. The summed E-state index contributed by atoms with van der Waals surface area (Å²) in [7, 11) is 13.4. The highest BCUT2D eigenvalue weighted by Gasteiger charge is 2.23. The number of anilines is 18. The number of rotatable bonds is 28. The van der Waals surface area contributed by atoms with Crippen molar-refractivity contribution in [2.45, 2.75) is 0 Å². The van der Waals surface area contributed by atoms with E-state index < -0.39 is 0 Å². The van der Waals surface area contributed by atoms with E-state index in [9.17, 15) is 0 Å². The van der Waals surface area contributed by atoms with Crippen LogP contribution >= 0.6 is 0 Å². The van der Waals surface area contributed by atoms with Gasteiger partial charge in [-0.2, -0.15) is 0 Å². The summed E-state index contributed by atoms with van der Waals surface area (Å²) in [6, 6.07) is 115. The maximum absolute atomic E-state index is 6.77. The van der Waals surface area contributed by atoms with Crippen molar-refractivity contribution in [2.75, 3.05) is 86.3 Å². The van der Waals surface area contributed by atoms with Crippen LogP contribution in [-0.2, 0) is 0 Å². The van der Waals surface area contributed by atoms with Crippen molar-refractivity contribution >= 4 is 102 Å². The lowest BCUT2D eigenvalue weighted by atomic mass is 10.1. The lowest BCUT2D eigenvalue weighted by Gasteiger charge is -2.30. The lowest BCUT2D eigenvalue weighted by molar-refractivity contribution is 0.414. The van der Waals surface area contributed by atoms with E-state index in [1.54, 1.807) is 56.9 Å². The third-order valence-electron chi connectivity index (χ3n) is 18.5. The predicted octanol–water partition coefficient (Wildman–Crippen LogP) is 24.4. The zero-order valence-electron chi connectivity index (χ0n) is 60.7. The van der Waals surface area contributed by atoms with Gasteiger partial charge in [-0.15, -0.1) is 0 Å². The zero-order chi connectivity index (χ0) is 73.6. The summed E-state index contributed by atoms with van der Waals surface area (Å²) in [4.78, 5) is 13.4. The van der Waals surface area contributed by atoms with Gasteiger partial charge in [-0.25, -0.2) is 0 Å². The van der Waals surface area contributed by atoms with Crippen LogP contribution in [0.3, 0.4) is 0 Å². The fraction of sp³-hybridized carbons (Fsp3) is 0.0870. The minimum absolute atomic E-state index is 0.663. The van der Waals surface area contributed by atoms with Crippen LogP contribution in [0, 0.1) is 0 Å². The van der Waals surface area contributed by atoms with Crippen LogP contribution in [0.15, 0.2) is 340 Å². The Balaban J connectivity index is 0.803. The molecule has 0 unspecified atom stereocenters. The molecule has 107 heavy (non-hydrogen) atoms. The van der Waals surface area contributed by atoms with Gasteiger partial charge in [-0.3, -0.25) is 0 Å². The minimum atomic E-state index is 0.663. The fourth-order valence-corrected chi connectivity index (χ4v) is 13.0. The molecule has 0 N–H and O–H groups in total. The van der Waals surface area contributed by atoms with Crippen LogP contribution < -0.4 is 72.0 Å². The first-order chi connectivity index (χ1) is 52.6. The summed E-state index contributed by atoms with van der Waals surface area (Å²) < 4.78 is 51.4. The number of methoxy groups -OCH3 is 8. The van der Waals surface area contributed by atoms with Crippen LogP contribution in [0.1, 0.15) is 0 Å². The molecule has 15 nitrogen and oxygen atoms in total. The molecule has 14 aromatic rings. The first kappa shape index (κ1) is 70.1. The molecule has 0 spiro atoms. The van der Waals surface area contributed by atoms with Crippen LogP contribution in [0.5, 0.6) is 57.5 Å². The molecule has 0 aromatic heterocycles. The van der Waals surface area contributed by atoms with Gasteiger partial charge in [0.25, 0.3) is 0 Å². The molecule has 0 bridgehead atoms. The molecule has 0 aliphatic carbocycles. The quantitative estimate of drug-likeness (QED) is 0.0464. The van der Waals surface area contributed by atoms with Crippen molar-refractivity contribution in [1.29, 1.82) is 0 Å². The van der Waals surface area contributed by atoms with Crippen molar-refractivity contribution in [3.05, 3.63) is 340 Å². The molecule has 15 heteroatoms. The van der Waals surface area contributed by atoms with E-state index in [1.807, 2.05) is 121 Å². The fourth-order valence-electron chi connectivity index (χ4n) is 13.0. The Labute approximate surface area is 625 Å². The number of hydrogen-bond donors (Lipinski definition) is 0. The number of benzene rings is 14. The molecule has 0 radical (unpaired) electrons. The largest absolute Gasteiger partial charge is 0.497 e. The van der Waals surface area contributed by atoms with E-state index in [0.717, 1.165) is 148 Å². The molecule has 0 aliphatic rings.